The van der Waals surface area contributed by atoms with Gasteiger partial charge in [-0.3, -0.25) is 4.21 Å². The Balaban J connectivity index is 1.82. The Hall–Kier alpha value is -1.08. The lowest BCUT2D eigenvalue weighted by Gasteiger charge is -1.98. The van der Waals surface area contributed by atoms with Crippen molar-refractivity contribution in [3.05, 3.63) is 27.8 Å². The topological polar surface area (TPSA) is 68.9 Å². The Bertz CT molecular complexity index is 551. The first-order valence-corrected chi connectivity index (χ1v) is 8.61. The highest BCUT2D eigenvalue weighted by Gasteiger charge is 2.10. The van der Waals surface area contributed by atoms with Crippen LogP contribution < -0.4 is 0 Å². The molecule has 2 heterocycles. The van der Waals surface area contributed by atoms with E-state index in [1.54, 1.807) is 11.3 Å². The van der Waals surface area contributed by atoms with Gasteiger partial charge in [-0.25, -0.2) is 4.98 Å². The summed E-state index contributed by atoms with van der Waals surface area (Å²) in [4.78, 5) is 9.61. The summed E-state index contributed by atoms with van der Waals surface area (Å²) in [6.45, 7) is 4.03. The number of nitrogens with zero attached hydrogens (tertiary/aromatic N) is 3. The molecular weight excluding hydrogens is 282 g/mol. The zero-order chi connectivity index (χ0) is 13.7. The zero-order valence-corrected chi connectivity index (χ0v) is 12.7. The van der Waals surface area contributed by atoms with E-state index in [1.165, 1.54) is 4.88 Å². The van der Waals surface area contributed by atoms with Crippen molar-refractivity contribution in [3.8, 4) is 0 Å². The number of rotatable bonds is 7. The van der Waals surface area contributed by atoms with E-state index in [-0.39, 0.29) is 0 Å². The fraction of sp³-hybridized carbons (Fsp3) is 0.583. The van der Waals surface area contributed by atoms with Crippen molar-refractivity contribution in [1.29, 1.82) is 0 Å². The second-order valence-electron chi connectivity index (χ2n) is 4.25. The SMILES string of the molecule is CCCc1nc(C[S@@](=O)CCc2scnc2C)no1. The molecule has 0 saturated heterocycles. The van der Waals surface area contributed by atoms with E-state index in [0.717, 1.165) is 25.0 Å². The summed E-state index contributed by atoms with van der Waals surface area (Å²) in [5.41, 5.74) is 2.86. The fourth-order valence-corrected chi connectivity index (χ4v) is 3.54. The summed E-state index contributed by atoms with van der Waals surface area (Å²) in [5.74, 6) is 2.15. The van der Waals surface area contributed by atoms with Crippen molar-refractivity contribution in [3.63, 3.8) is 0 Å². The normalized spacial score (nSPS) is 12.7. The van der Waals surface area contributed by atoms with E-state index in [1.807, 2.05) is 12.4 Å². The van der Waals surface area contributed by atoms with Crippen LogP contribution in [0.2, 0.25) is 0 Å². The van der Waals surface area contributed by atoms with Crippen LogP contribution in [0.4, 0.5) is 0 Å². The quantitative estimate of drug-likeness (QED) is 0.784. The van der Waals surface area contributed by atoms with Crippen LogP contribution in [0.15, 0.2) is 10.0 Å². The maximum Gasteiger partial charge on any atom is 0.226 e. The third-order valence-electron chi connectivity index (χ3n) is 2.67. The molecule has 1 atom stereocenters. The van der Waals surface area contributed by atoms with Crippen molar-refractivity contribution in [2.24, 2.45) is 0 Å². The third-order valence-corrected chi connectivity index (χ3v) is 4.90. The molecule has 0 bridgehead atoms. The van der Waals surface area contributed by atoms with Gasteiger partial charge in [-0.1, -0.05) is 12.1 Å². The van der Waals surface area contributed by atoms with Gasteiger partial charge in [-0.15, -0.1) is 11.3 Å². The van der Waals surface area contributed by atoms with Gasteiger partial charge in [0.1, 0.15) is 0 Å². The van der Waals surface area contributed by atoms with Gasteiger partial charge in [0, 0.05) is 27.9 Å². The number of hydrogen-bond acceptors (Lipinski definition) is 6. The molecule has 0 fully saturated rings. The van der Waals surface area contributed by atoms with Gasteiger partial charge in [0.15, 0.2) is 5.82 Å². The lowest BCUT2D eigenvalue weighted by Crippen LogP contribution is -2.05. The van der Waals surface area contributed by atoms with Crippen molar-refractivity contribution in [2.75, 3.05) is 5.75 Å². The molecule has 0 aliphatic heterocycles. The van der Waals surface area contributed by atoms with Crippen LogP contribution in [-0.4, -0.2) is 25.1 Å². The highest BCUT2D eigenvalue weighted by Crippen LogP contribution is 2.13. The van der Waals surface area contributed by atoms with E-state index < -0.39 is 10.8 Å². The van der Waals surface area contributed by atoms with Gasteiger partial charge in [-0.2, -0.15) is 4.98 Å². The fourth-order valence-electron chi connectivity index (χ4n) is 1.65. The van der Waals surface area contributed by atoms with E-state index >= 15 is 0 Å². The van der Waals surface area contributed by atoms with Crippen molar-refractivity contribution >= 4 is 22.1 Å². The summed E-state index contributed by atoms with van der Waals surface area (Å²) >= 11 is 1.61. The summed E-state index contributed by atoms with van der Waals surface area (Å²) in [7, 11) is -0.961. The molecule has 0 amide bonds. The van der Waals surface area contributed by atoms with Gasteiger partial charge in [0.2, 0.25) is 5.89 Å². The highest BCUT2D eigenvalue weighted by molar-refractivity contribution is 7.84. The van der Waals surface area contributed by atoms with Gasteiger partial charge < -0.3 is 4.52 Å². The Morgan fingerprint density at radius 3 is 2.95 bits per heavy atom. The highest BCUT2D eigenvalue weighted by atomic mass is 32.2. The summed E-state index contributed by atoms with van der Waals surface area (Å²) in [6, 6.07) is 0. The van der Waals surface area contributed by atoms with Gasteiger partial charge >= 0.3 is 0 Å². The third kappa shape index (κ3) is 4.21. The number of aryl methyl sites for hydroxylation is 3. The standard InChI is InChI=1S/C12H17N3O2S2/c1-3-4-12-14-11(15-17-12)7-19(16)6-5-10-9(2)13-8-18-10/h8H,3-7H2,1-2H3/t19-/m0/s1. The van der Waals surface area contributed by atoms with Crippen LogP contribution in [0.3, 0.4) is 0 Å². The molecule has 0 N–H and O–H groups in total. The van der Waals surface area contributed by atoms with Gasteiger partial charge in [0.25, 0.3) is 0 Å². The first kappa shape index (κ1) is 14.3. The first-order valence-electron chi connectivity index (χ1n) is 6.24. The summed E-state index contributed by atoms with van der Waals surface area (Å²) < 4.78 is 17.0. The average molecular weight is 299 g/mol. The lowest BCUT2D eigenvalue weighted by molar-refractivity contribution is 0.373. The van der Waals surface area contributed by atoms with E-state index in [0.29, 0.717) is 23.2 Å². The van der Waals surface area contributed by atoms with Crippen LogP contribution in [0, 0.1) is 6.92 Å². The van der Waals surface area contributed by atoms with E-state index in [2.05, 4.69) is 22.0 Å². The largest absolute Gasteiger partial charge is 0.339 e. The number of aromatic nitrogens is 3. The van der Waals surface area contributed by atoms with E-state index in [4.69, 9.17) is 4.52 Å². The maximum absolute atomic E-state index is 12.0. The Kier molecular flexibility index (Phi) is 5.21. The lowest BCUT2D eigenvalue weighted by atomic mass is 10.3. The molecule has 0 aliphatic carbocycles. The molecule has 5 nitrogen and oxygen atoms in total. The molecule has 0 aliphatic rings. The molecule has 104 valence electrons. The molecule has 0 radical (unpaired) electrons. The molecule has 7 heteroatoms. The minimum Gasteiger partial charge on any atom is -0.339 e. The van der Waals surface area contributed by atoms with Crippen molar-refractivity contribution < 1.29 is 8.73 Å². The van der Waals surface area contributed by atoms with Crippen LogP contribution in [0.1, 0.15) is 35.6 Å². The minimum atomic E-state index is -0.961. The molecular formula is C12H17N3O2S2. The van der Waals surface area contributed by atoms with Crippen LogP contribution >= 0.6 is 11.3 Å². The average Bonchev–Trinajstić information content (AvgIpc) is 2.97. The molecule has 19 heavy (non-hydrogen) atoms. The molecule has 2 rings (SSSR count). The summed E-state index contributed by atoms with van der Waals surface area (Å²) in [6.07, 6.45) is 2.54. The molecule has 0 spiro atoms. The Morgan fingerprint density at radius 2 is 2.26 bits per heavy atom. The second-order valence-corrected chi connectivity index (χ2v) is 6.77. The van der Waals surface area contributed by atoms with Crippen LogP contribution in [0.5, 0.6) is 0 Å². The predicted molar refractivity (Wildman–Crippen MR) is 75.6 cm³/mol. The Labute approximate surface area is 118 Å². The second kappa shape index (κ2) is 6.91. The van der Waals surface area contributed by atoms with Gasteiger partial charge in [0.05, 0.1) is 17.0 Å². The van der Waals surface area contributed by atoms with E-state index in [9.17, 15) is 4.21 Å². The van der Waals surface area contributed by atoms with Crippen molar-refractivity contribution in [2.45, 2.75) is 38.9 Å². The van der Waals surface area contributed by atoms with Crippen LogP contribution in [0.25, 0.3) is 0 Å². The molecule has 0 unspecified atom stereocenters. The van der Waals surface area contributed by atoms with Gasteiger partial charge in [-0.05, 0) is 19.8 Å². The summed E-state index contributed by atoms with van der Waals surface area (Å²) in [5, 5.41) is 3.85. The monoisotopic (exact) mass is 299 g/mol. The smallest absolute Gasteiger partial charge is 0.226 e. The molecule has 2 aromatic rings. The molecule has 2 aromatic heterocycles. The maximum atomic E-state index is 12.0. The molecule has 0 aromatic carbocycles. The zero-order valence-electron chi connectivity index (χ0n) is 11.1. The van der Waals surface area contributed by atoms with Crippen LogP contribution in [-0.2, 0) is 29.4 Å². The number of hydrogen-bond donors (Lipinski definition) is 0. The predicted octanol–water partition coefficient (Wildman–Crippen LogP) is 2.28. The molecule has 0 saturated carbocycles. The number of thiazole rings is 1. The Morgan fingerprint density at radius 1 is 1.42 bits per heavy atom. The first-order chi connectivity index (χ1) is 9.19. The minimum absolute atomic E-state index is 0.366. The van der Waals surface area contributed by atoms with Crippen molar-refractivity contribution in [1.82, 2.24) is 15.1 Å².